The van der Waals surface area contributed by atoms with Gasteiger partial charge < -0.3 is 10.2 Å². The number of hydrogen-bond donors (Lipinski definition) is 1. The van der Waals surface area contributed by atoms with Crippen LogP contribution in [0.2, 0.25) is 0 Å². The molecule has 2 aromatic carbocycles. The zero-order valence-electron chi connectivity index (χ0n) is 11.8. The average molecular weight is 359 g/mol. The molecule has 5 heteroatoms. The first-order chi connectivity index (χ1) is 10.6. The summed E-state index contributed by atoms with van der Waals surface area (Å²) in [6.07, 6.45) is 0.241. The van der Waals surface area contributed by atoms with Gasteiger partial charge in [0.1, 0.15) is 0 Å². The smallest absolute Gasteiger partial charge is 0.229 e. The van der Waals surface area contributed by atoms with E-state index in [1.807, 2.05) is 54.6 Å². The normalized spacial score (nSPS) is 17.6. The second-order valence-corrected chi connectivity index (χ2v) is 6.06. The molecular weight excluding hydrogens is 344 g/mol. The van der Waals surface area contributed by atoms with Gasteiger partial charge in [0, 0.05) is 23.1 Å². The maximum absolute atomic E-state index is 12.4. The maximum Gasteiger partial charge on any atom is 0.229 e. The first-order valence-electron chi connectivity index (χ1n) is 7.06. The van der Waals surface area contributed by atoms with Crippen molar-refractivity contribution in [3.63, 3.8) is 0 Å². The molecule has 1 N–H and O–H groups in total. The Hall–Kier alpha value is -2.14. The van der Waals surface area contributed by atoms with Gasteiger partial charge in [0.15, 0.2) is 0 Å². The van der Waals surface area contributed by atoms with Crippen LogP contribution in [0.4, 0.5) is 11.4 Å². The van der Waals surface area contributed by atoms with Crippen molar-refractivity contribution in [3.05, 3.63) is 59.1 Å². The number of hydrogen-bond acceptors (Lipinski definition) is 2. The second-order valence-electron chi connectivity index (χ2n) is 5.21. The SMILES string of the molecule is O=C(Nc1ccccc1Br)C1CC(=O)N(c2ccccc2)C1. The van der Waals surface area contributed by atoms with E-state index in [2.05, 4.69) is 21.2 Å². The number of para-hydroxylation sites is 2. The van der Waals surface area contributed by atoms with Crippen molar-refractivity contribution in [1.29, 1.82) is 0 Å². The average Bonchev–Trinajstić information content (AvgIpc) is 2.92. The monoisotopic (exact) mass is 358 g/mol. The quantitative estimate of drug-likeness (QED) is 0.913. The van der Waals surface area contributed by atoms with Crippen LogP contribution in [0.3, 0.4) is 0 Å². The van der Waals surface area contributed by atoms with Gasteiger partial charge in [-0.1, -0.05) is 30.3 Å². The first kappa shape index (κ1) is 14.8. The Kier molecular flexibility index (Phi) is 4.24. The molecule has 0 spiro atoms. The molecule has 1 fully saturated rings. The number of nitrogens with zero attached hydrogens (tertiary/aromatic N) is 1. The fourth-order valence-corrected chi connectivity index (χ4v) is 2.92. The number of amides is 2. The van der Waals surface area contributed by atoms with Gasteiger partial charge in [-0.3, -0.25) is 9.59 Å². The largest absolute Gasteiger partial charge is 0.325 e. The standard InChI is InChI=1S/C17H15BrN2O2/c18-14-8-4-5-9-15(14)19-17(22)12-10-16(21)20(11-12)13-6-2-1-3-7-13/h1-9,12H,10-11H2,(H,19,22). The van der Waals surface area contributed by atoms with Crippen LogP contribution < -0.4 is 10.2 Å². The summed E-state index contributed by atoms with van der Waals surface area (Å²) in [5.41, 5.74) is 1.56. The van der Waals surface area contributed by atoms with E-state index >= 15 is 0 Å². The number of nitrogens with one attached hydrogen (secondary N) is 1. The number of halogens is 1. The lowest BCUT2D eigenvalue weighted by Crippen LogP contribution is -2.28. The van der Waals surface area contributed by atoms with E-state index in [1.165, 1.54) is 0 Å². The molecule has 0 radical (unpaired) electrons. The number of rotatable bonds is 3. The van der Waals surface area contributed by atoms with Crippen LogP contribution in [-0.4, -0.2) is 18.4 Å². The van der Waals surface area contributed by atoms with Gasteiger partial charge >= 0.3 is 0 Å². The summed E-state index contributed by atoms with van der Waals surface area (Å²) in [6, 6.07) is 16.9. The van der Waals surface area contributed by atoms with E-state index in [0.29, 0.717) is 6.54 Å². The van der Waals surface area contributed by atoms with Crippen molar-refractivity contribution in [2.24, 2.45) is 5.92 Å². The number of carbonyl (C=O) groups excluding carboxylic acids is 2. The van der Waals surface area contributed by atoms with Crippen LogP contribution in [0.25, 0.3) is 0 Å². The fraction of sp³-hybridized carbons (Fsp3) is 0.176. The highest BCUT2D eigenvalue weighted by molar-refractivity contribution is 9.10. The van der Waals surface area contributed by atoms with Gasteiger partial charge in [-0.2, -0.15) is 0 Å². The molecule has 1 heterocycles. The Morgan fingerprint density at radius 1 is 1.09 bits per heavy atom. The topological polar surface area (TPSA) is 49.4 Å². The Bertz CT molecular complexity index is 703. The predicted molar refractivity (Wildman–Crippen MR) is 89.7 cm³/mol. The molecule has 22 heavy (non-hydrogen) atoms. The summed E-state index contributed by atoms with van der Waals surface area (Å²) >= 11 is 3.40. The van der Waals surface area contributed by atoms with E-state index in [4.69, 9.17) is 0 Å². The molecule has 1 aliphatic heterocycles. The van der Waals surface area contributed by atoms with Crippen LogP contribution in [0.5, 0.6) is 0 Å². The predicted octanol–water partition coefficient (Wildman–Crippen LogP) is 3.44. The molecule has 0 aliphatic carbocycles. The maximum atomic E-state index is 12.4. The van der Waals surface area contributed by atoms with E-state index in [1.54, 1.807) is 4.90 Å². The molecule has 0 bridgehead atoms. The fourth-order valence-electron chi connectivity index (χ4n) is 2.54. The third kappa shape index (κ3) is 3.04. The highest BCUT2D eigenvalue weighted by atomic mass is 79.9. The molecule has 4 nitrogen and oxygen atoms in total. The third-order valence-electron chi connectivity index (χ3n) is 3.70. The van der Waals surface area contributed by atoms with Crippen molar-refractivity contribution in [2.45, 2.75) is 6.42 Å². The molecule has 1 atom stereocenters. The van der Waals surface area contributed by atoms with Crippen LogP contribution in [0, 0.1) is 5.92 Å². The summed E-state index contributed by atoms with van der Waals surface area (Å²) in [7, 11) is 0. The van der Waals surface area contributed by atoms with Gasteiger partial charge in [0.2, 0.25) is 11.8 Å². The highest BCUT2D eigenvalue weighted by Crippen LogP contribution is 2.27. The van der Waals surface area contributed by atoms with Gasteiger partial charge in [-0.05, 0) is 40.2 Å². The van der Waals surface area contributed by atoms with E-state index < -0.39 is 0 Å². The highest BCUT2D eigenvalue weighted by Gasteiger charge is 2.35. The lowest BCUT2D eigenvalue weighted by molar-refractivity contribution is -0.122. The minimum absolute atomic E-state index is 0.0153. The van der Waals surface area contributed by atoms with Crippen LogP contribution in [0.15, 0.2) is 59.1 Å². The Balaban J connectivity index is 1.71. The summed E-state index contributed by atoms with van der Waals surface area (Å²) < 4.78 is 0.826. The third-order valence-corrected chi connectivity index (χ3v) is 4.39. The van der Waals surface area contributed by atoms with Crippen molar-refractivity contribution in [3.8, 4) is 0 Å². The molecular formula is C17H15BrN2O2. The molecule has 112 valence electrons. The van der Waals surface area contributed by atoms with Crippen molar-refractivity contribution in [2.75, 3.05) is 16.8 Å². The van der Waals surface area contributed by atoms with Gasteiger partial charge in [-0.15, -0.1) is 0 Å². The minimum Gasteiger partial charge on any atom is -0.325 e. The van der Waals surface area contributed by atoms with Crippen LogP contribution in [-0.2, 0) is 9.59 Å². The van der Waals surface area contributed by atoms with Gasteiger partial charge in [0.25, 0.3) is 0 Å². The molecule has 2 aromatic rings. The van der Waals surface area contributed by atoms with E-state index in [-0.39, 0.29) is 24.2 Å². The molecule has 0 saturated carbocycles. The zero-order chi connectivity index (χ0) is 15.5. The minimum atomic E-state index is -0.334. The van der Waals surface area contributed by atoms with E-state index in [0.717, 1.165) is 15.8 Å². The van der Waals surface area contributed by atoms with Crippen molar-refractivity contribution in [1.82, 2.24) is 0 Å². The van der Waals surface area contributed by atoms with Crippen molar-refractivity contribution >= 4 is 39.1 Å². The number of carbonyl (C=O) groups is 2. The lowest BCUT2D eigenvalue weighted by Gasteiger charge is -2.16. The van der Waals surface area contributed by atoms with Crippen LogP contribution >= 0.6 is 15.9 Å². The Morgan fingerprint density at radius 2 is 1.77 bits per heavy atom. The number of anilines is 2. The van der Waals surface area contributed by atoms with Crippen molar-refractivity contribution < 1.29 is 9.59 Å². The first-order valence-corrected chi connectivity index (χ1v) is 7.85. The van der Waals surface area contributed by atoms with Gasteiger partial charge in [-0.25, -0.2) is 0 Å². The molecule has 1 saturated heterocycles. The molecule has 1 unspecified atom stereocenters. The lowest BCUT2D eigenvalue weighted by atomic mass is 10.1. The van der Waals surface area contributed by atoms with Gasteiger partial charge in [0.05, 0.1) is 11.6 Å². The Labute approximate surface area is 137 Å². The molecule has 2 amide bonds. The molecule has 0 aromatic heterocycles. The zero-order valence-corrected chi connectivity index (χ0v) is 13.4. The Morgan fingerprint density at radius 3 is 2.50 bits per heavy atom. The summed E-state index contributed by atoms with van der Waals surface area (Å²) in [6.45, 7) is 0.416. The van der Waals surface area contributed by atoms with E-state index in [9.17, 15) is 9.59 Å². The molecule has 1 aliphatic rings. The summed E-state index contributed by atoms with van der Waals surface area (Å²) in [5, 5.41) is 2.88. The summed E-state index contributed by atoms with van der Waals surface area (Å²) in [4.78, 5) is 26.2. The summed E-state index contributed by atoms with van der Waals surface area (Å²) in [5.74, 6) is -0.475. The van der Waals surface area contributed by atoms with Crippen LogP contribution in [0.1, 0.15) is 6.42 Å². The second kappa shape index (κ2) is 6.32. The molecule has 3 rings (SSSR count). The number of benzene rings is 2.